The summed E-state index contributed by atoms with van der Waals surface area (Å²) >= 11 is 0. The minimum atomic E-state index is -0.444. The fourth-order valence-electron chi connectivity index (χ4n) is 0.318. The molecule has 10 heavy (non-hydrogen) atoms. The highest BCUT2D eigenvalue weighted by Crippen LogP contribution is 1.77. The van der Waals surface area contributed by atoms with Crippen LogP contribution in [-0.2, 0) is 4.79 Å². The Morgan fingerprint density at radius 2 is 1.90 bits per heavy atom. The van der Waals surface area contributed by atoms with Crippen molar-refractivity contribution in [2.75, 3.05) is 21.1 Å². The van der Waals surface area contributed by atoms with E-state index < -0.39 is 6.03 Å². The Morgan fingerprint density at radius 1 is 1.40 bits per heavy atom. The van der Waals surface area contributed by atoms with Crippen LogP contribution in [0.4, 0.5) is 4.79 Å². The van der Waals surface area contributed by atoms with Crippen LogP contribution < -0.4 is 5.43 Å². The first kappa shape index (κ1) is 8.90. The van der Waals surface area contributed by atoms with Crippen LogP contribution in [0.15, 0.2) is 0 Å². The molecule has 0 atom stereocenters. The van der Waals surface area contributed by atoms with E-state index in [0.717, 1.165) is 4.90 Å². The maximum Gasteiger partial charge on any atom is 0.338 e. The lowest BCUT2D eigenvalue weighted by atomic mass is 10.8. The van der Waals surface area contributed by atoms with Crippen molar-refractivity contribution in [1.82, 2.24) is 15.3 Å². The minimum absolute atomic E-state index is 0.443. The number of nitrogens with one attached hydrogen (secondary N) is 1. The van der Waals surface area contributed by atoms with Gasteiger partial charge in [0, 0.05) is 21.1 Å². The average Bonchev–Trinajstić information content (AvgIpc) is 1.85. The van der Waals surface area contributed by atoms with Crippen molar-refractivity contribution in [3.05, 3.63) is 0 Å². The summed E-state index contributed by atoms with van der Waals surface area (Å²) in [7, 11) is 4.71. The Labute approximate surface area is 59.6 Å². The van der Waals surface area contributed by atoms with Gasteiger partial charge in [-0.15, -0.1) is 0 Å². The molecule has 0 saturated heterocycles. The van der Waals surface area contributed by atoms with E-state index in [2.05, 4.69) is 5.43 Å². The van der Waals surface area contributed by atoms with E-state index in [1.807, 2.05) is 0 Å². The van der Waals surface area contributed by atoms with Crippen LogP contribution in [0.2, 0.25) is 0 Å². The van der Waals surface area contributed by atoms with E-state index >= 15 is 0 Å². The molecule has 0 aromatic rings. The summed E-state index contributed by atoms with van der Waals surface area (Å²) in [6.45, 7) is 0. The molecule has 0 fully saturated rings. The maximum absolute atomic E-state index is 10.7. The molecule has 0 aliphatic carbocycles. The van der Waals surface area contributed by atoms with Crippen LogP contribution in [-0.4, -0.2) is 43.5 Å². The lowest BCUT2D eigenvalue weighted by molar-refractivity contribution is -0.114. The Kier molecular flexibility index (Phi) is 3.42. The number of rotatable bonds is 2. The third kappa shape index (κ3) is 3.03. The molecule has 0 unspecified atom stereocenters. The molecule has 0 aliphatic rings. The van der Waals surface area contributed by atoms with Crippen molar-refractivity contribution in [2.45, 2.75) is 0 Å². The summed E-state index contributed by atoms with van der Waals surface area (Å²) in [5.74, 6) is 0. The van der Waals surface area contributed by atoms with Gasteiger partial charge in [0.2, 0.25) is 6.41 Å². The standard InChI is InChI=1S/C5H11N3O2/c1-7(2)6-5(10)8(3)4-9/h4H,1-3H3,(H,6,10). The predicted octanol–water partition coefficient (Wildman–Crippen LogP) is -0.739. The zero-order chi connectivity index (χ0) is 8.15. The number of hydrogen-bond acceptors (Lipinski definition) is 3. The Balaban J connectivity index is 3.73. The summed E-state index contributed by atoms with van der Waals surface area (Å²) in [4.78, 5) is 21.6. The number of nitrogens with zero attached hydrogens (tertiary/aromatic N) is 2. The molecule has 0 heterocycles. The molecule has 0 spiro atoms. The Bertz CT molecular complexity index is 135. The highest BCUT2D eigenvalue weighted by molar-refractivity contribution is 5.83. The SMILES string of the molecule is CN(C)NC(=O)N(C)C=O. The highest BCUT2D eigenvalue weighted by Gasteiger charge is 2.05. The molecular formula is C5H11N3O2. The highest BCUT2D eigenvalue weighted by atomic mass is 16.2. The molecule has 58 valence electrons. The molecule has 5 heteroatoms. The summed E-state index contributed by atoms with van der Waals surface area (Å²) in [6.07, 6.45) is 0.443. The van der Waals surface area contributed by atoms with Gasteiger partial charge < -0.3 is 0 Å². The van der Waals surface area contributed by atoms with E-state index in [0.29, 0.717) is 6.41 Å². The molecule has 0 saturated carbocycles. The molecule has 3 amide bonds. The fraction of sp³-hybridized carbons (Fsp3) is 0.600. The predicted molar refractivity (Wildman–Crippen MR) is 36.0 cm³/mol. The van der Waals surface area contributed by atoms with E-state index in [9.17, 15) is 9.59 Å². The van der Waals surface area contributed by atoms with E-state index in [4.69, 9.17) is 0 Å². The van der Waals surface area contributed by atoms with Gasteiger partial charge in [-0.05, 0) is 0 Å². The van der Waals surface area contributed by atoms with Crippen molar-refractivity contribution in [1.29, 1.82) is 0 Å². The van der Waals surface area contributed by atoms with Crippen molar-refractivity contribution in [2.24, 2.45) is 0 Å². The average molecular weight is 145 g/mol. The quantitative estimate of drug-likeness (QED) is 0.411. The van der Waals surface area contributed by atoms with Crippen molar-refractivity contribution in [3.63, 3.8) is 0 Å². The number of hydrazine groups is 1. The number of amides is 3. The lowest BCUT2D eigenvalue weighted by Crippen LogP contribution is -2.43. The second-order valence-corrected chi connectivity index (χ2v) is 2.03. The lowest BCUT2D eigenvalue weighted by Gasteiger charge is -2.14. The van der Waals surface area contributed by atoms with Crippen LogP contribution >= 0.6 is 0 Å². The zero-order valence-corrected chi connectivity index (χ0v) is 6.29. The summed E-state index contributed by atoms with van der Waals surface area (Å²) in [6, 6.07) is -0.444. The van der Waals surface area contributed by atoms with E-state index in [1.54, 1.807) is 14.1 Å². The number of urea groups is 1. The molecule has 0 aromatic heterocycles. The normalized spacial score (nSPS) is 9.20. The second kappa shape index (κ2) is 3.84. The topological polar surface area (TPSA) is 52.7 Å². The molecule has 0 rings (SSSR count). The third-order valence-corrected chi connectivity index (χ3v) is 0.798. The smallest absolute Gasteiger partial charge is 0.278 e. The monoisotopic (exact) mass is 145 g/mol. The first-order valence-corrected chi connectivity index (χ1v) is 2.74. The zero-order valence-electron chi connectivity index (χ0n) is 6.29. The molecule has 0 radical (unpaired) electrons. The van der Waals surface area contributed by atoms with Gasteiger partial charge >= 0.3 is 6.03 Å². The molecule has 1 N–H and O–H groups in total. The van der Waals surface area contributed by atoms with Crippen molar-refractivity contribution in [3.8, 4) is 0 Å². The van der Waals surface area contributed by atoms with Gasteiger partial charge in [0.15, 0.2) is 0 Å². The molecular weight excluding hydrogens is 134 g/mol. The van der Waals surface area contributed by atoms with Gasteiger partial charge in [-0.1, -0.05) is 0 Å². The van der Waals surface area contributed by atoms with E-state index in [-0.39, 0.29) is 0 Å². The Morgan fingerprint density at radius 3 is 2.20 bits per heavy atom. The van der Waals surface area contributed by atoms with E-state index in [1.165, 1.54) is 12.1 Å². The molecule has 5 nitrogen and oxygen atoms in total. The number of carbonyl (C=O) groups excluding carboxylic acids is 2. The number of imide groups is 1. The maximum atomic E-state index is 10.7. The van der Waals surface area contributed by atoms with Gasteiger partial charge in [0.25, 0.3) is 0 Å². The summed E-state index contributed by atoms with van der Waals surface area (Å²) in [5, 5.41) is 1.46. The number of carbonyl (C=O) groups is 2. The summed E-state index contributed by atoms with van der Waals surface area (Å²) in [5.41, 5.74) is 2.38. The van der Waals surface area contributed by atoms with Crippen LogP contribution in [0.5, 0.6) is 0 Å². The Hall–Kier alpha value is -1.10. The number of hydrogen-bond donors (Lipinski definition) is 1. The van der Waals surface area contributed by atoms with Crippen LogP contribution in [0.1, 0.15) is 0 Å². The molecule has 0 aromatic carbocycles. The summed E-state index contributed by atoms with van der Waals surface area (Å²) < 4.78 is 0. The molecule has 0 aliphatic heterocycles. The molecule has 0 bridgehead atoms. The largest absolute Gasteiger partial charge is 0.338 e. The minimum Gasteiger partial charge on any atom is -0.278 e. The second-order valence-electron chi connectivity index (χ2n) is 2.03. The van der Waals surface area contributed by atoms with Gasteiger partial charge in [-0.2, -0.15) is 0 Å². The van der Waals surface area contributed by atoms with Crippen LogP contribution in [0.3, 0.4) is 0 Å². The van der Waals surface area contributed by atoms with Crippen molar-refractivity contribution < 1.29 is 9.59 Å². The van der Waals surface area contributed by atoms with Crippen molar-refractivity contribution >= 4 is 12.4 Å². The van der Waals surface area contributed by atoms with Gasteiger partial charge in [-0.3, -0.25) is 15.1 Å². The fourth-order valence-corrected chi connectivity index (χ4v) is 0.318. The van der Waals surface area contributed by atoms with Gasteiger partial charge in [0.05, 0.1) is 0 Å². The first-order valence-electron chi connectivity index (χ1n) is 2.74. The first-order chi connectivity index (χ1) is 4.57. The van der Waals surface area contributed by atoms with Crippen LogP contribution in [0, 0.1) is 0 Å². The van der Waals surface area contributed by atoms with Gasteiger partial charge in [-0.25, -0.2) is 9.80 Å². The third-order valence-electron chi connectivity index (χ3n) is 0.798. The van der Waals surface area contributed by atoms with Crippen LogP contribution in [0.25, 0.3) is 0 Å². The van der Waals surface area contributed by atoms with Gasteiger partial charge in [0.1, 0.15) is 0 Å².